The van der Waals surface area contributed by atoms with Gasteiger partial charge in [0.2, 0.25) is 0 Å². The van der Waals surface area contributed by atoms with Gasteiger partial charge in [0.15, 0.2) is 6.04 Å². The maximum Gasteiger partial charge on any atom is 0.416 e. The molecule has 0 bridgehead atoms. The fourth-order valence-electron chi connectivity index (χ4n) is 2.06. The van der Waals surface area contributed by atoms with Gasteiger partial charge in [0.05, 0.1) is 17.5 Å². The second-order valence-electron chi connectivity index (χ2n) is 5.39. The molecule has 1 unspecified atom stereocenters. The Morgan fingerprint density at radius 1 is 1.26 bits per heavy atom. The molecule has 3 nitrogen and oxygen atoms in total. The van der Waals surface area contributed by atoms with Crippen LogP contribution in [0, 0.1) is 0 Å². The fraction of sp³-hybridized carbons (Fsp3) is 0.312. The SMILES string of the molecule is C[C@@H](C(=O)Nc1ccc(C(F)(F)F)cc1)[NH+](C)Cc1cccs1. The van der Waals surface area contributed by atoms with Crippen LogP contribution in [0.15, 0.2) is 41.8 Å². The van der Waals surface area contributed by atoms with Gasteiger partial charge in [-0.25, -0.2) is 0 Å². The third kappa shape index (κ3) is 4.80. The molecule has 2 N–H and O–H groups in total. The zero-order chi connectivity index (χ0) is 17.0. The Labute approximate surface area is 136 Å². The minimum Gasteiger partial charge on any atom is -0.323 e. The average Bonchev–Trinajstić information content (AvgIpc) is 2.98. The first kappa shape index (κ1) is 17.5. The molecule has 0 radical (unpaired) electrons. The molecular weight excluding hydrogens is 325 g/mol. The first-order valence-corrected chi connectivity index (χ1v) is 7.98. The number of halogens is 3. The van der Waals surface area contributed by atoms with E-state index in [1.165, 1.54) is 17.0 Å². The van der Waals surface area contributed by atoms with Crippen molar-refractivity contribution in [3.63, 3.8) is 0 Å². The highest BCUT2D eigenvalue weighted by molar-refractivity contribution is 7.09. The van der Waals surface area contributed by atoms with Crippen LogP contribution in [0.2, 0.25) is 0 Å². The number of amides is 1. The lowest BCUT2D eigenvalue weighted by Crippen LogP contribution is -3.12. The molecule has 2 aromatic rings. The van der Waals surface area contributed by atoms with Crippen molar-refractivity contribution in [1.82, 2.24) is 0 Å². The average molecular weight is 343 g/mol. The molecular formula is C16H18F3N2OS+. The van der Waals surface area contributed by atoms with E-state index in [4.69, 9.17) is 0 Å². The standard InChI is InChI=1S/C16H17F3N2OS/c1-11(21(2)10-14-4-3-9-23-14)15(22)20-13-7-5-12(6-8-13)16(17,18)19/h3-9,11H,10H2,1-2H3,(H,20,22)/p+1/t11-/m0/s1. The van der Waals surface area contributed by atoms with Crippen LogP contribution in [0.5, 0.6) is 0 Å². The maximum atomic E-state index is 12.5. The number of nitrogens with one attached hydrogen (secondary N) is 2. The highest BCUT2D eigenvalue weighted by atomic mass is 32.1. The summed E-state index contributed by atoms with van der Waals surface area (Å²) in [5.41, 5.74) is -0.372. The van der Waals surface area contributed by atoms with E-state index in [9.17, 15) is 18.0 Å². The van der Waals surface area contributed by atoms with E-state index in [0.717, 1.165) is 23.6 Å². The number of thiophene rings is 1. The number of benzene rings is 1. The Morgan fingerprint density at radius 3 is 2.43 bits per heavy atom. The quantitative estimate of drug-likeness (QED) is 0.860. The number of carbonyl (C=O) groups excluding carboxylic acids is 1. The minimum absolute atomic E-state index is 0.223. The van der Waals surface area contributed by atoms with Gasteiger partial charge in [0, 0.05) is 5.69 Å². The van der Waals surface area contributed by atoms with Crippen molar-refractivity contribution in [2.24, 2.45) is 0 Å². The first-order valence-electron chi connectivity index (χ1n) is 7.10. The third-order valence-electron chi connectivity index (χ3n) is 3.65. The molecule has 0 aliphatic heterocycles. The largest absolute Gasteiger partial charge is 0.416 e. The number of hydrogen-bond acceptors (Lipinski definition) is 2. The minimum atomic E-state index is -4.37. The van der Waals surface area contributed by atoms with Gasteiger partial charge in [-0.2, -0.15) is 13.2 Å². The molecule has 7 heteroatoms. The summed E-state index contributed by atoms with van der Waals surface area (Å²) in [4.78, 5) is 14.4. The molecule has 0 fully saturated rings. The lowest BCUT2D eigenvalue weighted by molar-refractivity contribution is -0.907. The van der Waals surface area contributed by atoms with Crippen LogP contribution in [-0.4, -0.2) is 19.0 Å². The van der Waals surface area contributed by atoms with Gasteiger partial charge < -0.3 is 10.2 Å². The van der Waals surface area contributed by atoms with Crippen molar-refractivity contribution in [2.45, 2.75) is 25.7 Å². The topological polar surface area (TPSA) is 33.5 Å². The molecule has 2 atom stereocenters. The van der Waals surface area contributed by atoms with E-state index in [-0.39, 0.29) is 11.9 Å². The predicted molar refractivity (Wildman–Crippen MR) is 84.4 cm³/mol. The van der Waals surface area contributed by atoms with Gasteiger partial charge >= 0.3 is 6.18 Å². The lowest BCUT2D eigenvalue weighted by atomic mass is 10.2. The number of rotatable bonds is 5. The highest BCUT2D eigenvalue weighted by Gasteiger charge is 2.30. The Kier molecular flexibility index (Phi) is 5.43. The maximum absolute atomic E-state index is 12.5. The van der Waals surface area contributed by atoms with Crippen LogP contribution in [0.25, 0.3) is 0 Å². The van der Waals surface area contributed by atoms with Crippen LogP contribution in [-0.2, 0) is 17.5 Å². The molecule has 0 aliphatic rings. The Morgan fingerprint density at radius 2 is 1.91 bits per heavy atom. The molecule has 2 rings (SSSR count). The zero-order valence-electron chi connectivity index (χ0n) is 12.8. The Balaban J connectivity index is 1.95. The van der Waals surface area contributed by atoms with E-state index in [1.807, 2.05) is 24.6 Å². The zero-order valence-corrected chi connectivity index (χ0v) is 13.6. The first-order chi connectivity index (χ1) is 10.8. The lowest BCUT2D eigenvalue weighted by Gasteiger charge is -2.20. The summed E-state index contributed by atoms with van der Waals surface area (Å²) >= 11 is 1.63. The van der Waals surface area contributed by atoms with Crippen molar-refractivity contribution >= 4 is 22.9 Å². The number of likely N-dealkylation sites (N-methyl/N-ethyl adjacent to an activating group) is 1. The van der Waals surface area contributed by atoms with Crippen molar-refractivity contribution in [1.29, 1.82) is 0 Å². The fourth-order valence-corrected chi connectivity index (χ4v) is 2.86. The summed E-state index contributed by atoms with van der Waals surface area (Å²) in [5, 5.41) is 4.64. The molecule has 1 aromatic carbocycles. The van der Waals surface area contributed by atoms with Crippen LogP contribution >= 0.6 is 11.3 Å². The van der Waals surface area contributed by atoms with Crippen molar-refractivity contribution in [2.75, 3.05) is 12.4 Å². The molecule has 0 aliphatic carbocycles. The number of hydrogen-bond donors (Lipinski definition) is 2. The van der Waals surface area contributed by atoms with E-state index in [2.05, 4.69) is 5.32 Å². The van der Waals surface area contributed by atoms with E-state index in [0.29, 0.717) is 5.69 Å². The second-order valence-corrected chi connectivity index (χ2v) is 6.42. The molecule has 0 spiro atoms. The van der Waals surface area contributed by atoms with Gasteiger partial charge in [-0.05, 0) is 42.6 Å². The number of quaternary nitrogens is 1. The number of alkyl halides is 3. The van der Waals surface area contributed by atoms with Crippen LogP contribution < -0.4 is 10.2 Å². The molecule has 1 aromatic heterocycles. The van der Waals surface area contributed by atoms with Gasteiger partial charge in [-0.15, -0.1) is 11.3 Å². The van der Waals surface area contributed by atoms with E-state index in [1.54, 1.807) is 18.3 Å². The van der Waals surface area contributed by atoms with Gasteiger partial charge in [0.1, 0.15) is 6.54 Å². The summed E-state index contributed by atoms with van der Waals surface area (Å²) in [6, 6.07) is 8.10. The molecule has 124 valence electrons. The summed E-state index contributed by atoms with van der Waals surface area (Å²) in [6.07, 6.45) is -4.37. The Bertz CT molecular complexity index is 638. The molecule has 1 heterocycles. The normalized spacial score (nSPS) is 14.3. The van der Waals surface area contributed by atoms with E-state index < -0.39 is 11.7 Å². The van der Waals surface area contributed by atoms with Crippen molar-refractivity contribution in [3.8, 4) is 0 Å². The van der Waals surface area contributed by atoms with E-state index >= 15 is 0 Å². The van der Waals surface area contributed by atoms with Gasteiger partial charge in [0.25, 0.3) is 5.91 Å². The van der Waals surface area contributed by atoms with Crippen molar-refractivity contribution in [3.05, 3.63) is 52.2 Å². The number of anilines is 1. The van der Waals surface area contributed by atoms with Crippen molar-refractivity contribution < 1.29 is 22.9 Å². The molecule has 0 saturated carbocycles. The molecule has 0 saturated heterocycles. The van der Waals surface area contributed by atoms with Gasteiger partial charge in [-0.3, -0.25) is 4.79 Å². The second kappa shape index (κ2) is 7.14. The van der Waals surface area contributed by atoms with Crippen LogP contribution in [0.1, 0.15) is 17.4 Å². The van der Waals surface area contributed by atoms with Crippen LogP contribution in [0.3, 0.4) is 0 Å². The van der Waals surface area contributed by atoms with Crippen LogP contribution in [0.4, 0.5) is 18.9 Å². The third-order valence-corrected chi connectivity index (χ3v) is 4.52. The van der Waals surface area contributed by atoms with Gasteiger partial charge in [-0.1, -0.05) is 6.07 Å². The number of carbonyl (C=O) groups is 1. The molecule has 23 heavy (non-hydrogen) atoms. The smallest absolute Gasteiger partial charge is 0.323 e. The monoisotopic (exact) mass is 343 g/mol. The Hall–Kier alpha value is -1.86. The summed E-state index contributed by atoms with van der Waals surface area (Å²) < 4.78 is 37.5. The highest BCUT2D eigenvalue weighted by Crippen LogP contribution is 2.29. The summed E-state index contributed by atoms with van der Waals surface area (Å²) in [7, 11) is 1.91. The molecule has 1 amide bonds. The predicted octanol–water partition coefficient (Wildman–Crippen LogP) is 2.81. The summed E-state index contributed by atoms with van der Waals surface area (Å²) in [6.45, 7) is 2.52. The summed E-state index contributed by atoms with van der Waals surface area (Å²) in [5.74, 6) is -0.223.